The van der Waals surface area contributed by atoms with Gasteiger partial charge in [0.15, 0.2) is 0 Å². The van der Waals surface area contributed by atoms with Crippen LogP contribution in [-0.4, -0.2) is 39.4 Å². The molecule has 0 aliphatic carbocycles. The lowest BCUT2D eigenvalue weighted by atomic mass is 10.2. The summed E-state index contributed by atoms with van der Waals surface area (Å²) in [5.41, 5.74) is -5.14. The summed E-state index contributed by atoms with van der Waals surface area (Å²) in [4.78, 5) is 0. The van der Waals surface area contributed by atoms with E-state index in [1.54, 1.807) is 0 Å². The van der Waals surface area contributed by atoms with E-state index in [1.807, 2.05) is 0 Å². The minimum atomic E-state index is -6.83. The molecular weight excluding hydrogens is 325 g/mol. The van der Waals surface area contributed by atoms with Crippen molar-refractivity contribution >= 4 is 20.3 Å². The minimum Gasteiger partial charge on any atom is -0.220 e. The van der Waals surface area contributed by atoms with Crippen LogP contribution >= 0.6 is 0 Å². The molecule has 1 rings (SSSR count). The lowest BCUT2D eigenvalue weighted by molar-refractivity contribution is -0.333. The van der Waals surface area contributed by atoms with Crippen LogP contribution in [0.2, 0.25) is 0 Å². The number of hydrogen-bond acceptors (Lipinski definition) is 5. The fourth-order valence-corrected chi connectivity index (χ4v) is 2.79. The Bertz CT molecular complexity index is 567. The third-order valence-corrected chi connectivity index (χ3v) is 4.31. The highest BCUT2D eigenvalue weighted by Gasteiger charge is 2.91. The molecule has 0 spiro atoms. The number of alkyl halides is 6. The first kappa shape index (κ1) is 15.4. The van der Waals surface area contributed by atoms with Crippen LogP contribution in [0.25, 0.3) is 0 Å². The molecule has 18 heavy (non-hydrogen) atoms. The van der Waals surface area contributed by atoms with Gasteiger partial charge in [-0.05, 0) is 0 Å². The highest BCUT2D eigenvalue weighted by Crippen LogP contribution is 2.59. The first-order chi connectivity index (χ1) is 7.61. The molecule has 0 N–H and O–H groups in total. The molecular formula is C4HF7O5S2. The molecule has 0 saturated carbocycles. The normalized spacial score (nSPS) is 32.6. The predicted molar refractivity (Wildman–Crippen MR) is 38.7 cm³/mol. The van der Waals surface area contributed by atoms with E-state index in [-0.39, 0.29) is 0 Å². The first-order valence-electron chi connectivity index (χ1n) is 3.58. The molecule has 5 nitrogen and oxygen atoms in total. The van der Waals surface area contributed by atoms with Crippen LogP contribution in [0.1, 0.15) is 0 Å². The maximum Gasteiger partial charge on any atom is 0.426 e. The van der Waals surface area contributed by atoms with E-state index in [9.17, 15) is 47.1 Å². The smallest absolute Gasteiger partial charge is 0.220 e. The van der Waals surface area contributed by atoms with Gasteiger partial charge in [0, 0.05) is 0 Å². The Morgan fingerprint density at radius 3 is 1.78 bits per heavy atom. The van der Waals surface area contributed by atoms with E-state index >= 15 is 0 Å². The minimum absolute atomic E-state index is 2.48. The van der Waals surface area contributed by atoms with E-state index in [0.717, 1.165) is 0 Å². The van der Waals surface area contributed by atoms with Gasteiger partial charge < -0.3 is 0 Å². The summed E-state index contributed by atoms with van der Waals surface area (Å²) in [5, 5.41) is -6.02. The van der Waals surface area contributed by atoms with Gasteiger partial charge in [-0.3, -0.25) is 0 Å². The van der Waals surface area contributed by atoms with Crippen molar-refractivity contribution in [3.05, 3.63) is 0 Å². The first-order valence-corrected chi connectivity index (χ1v) is 6.44. The average molecular weight is 326 g/mol. The quantitative estimate of drug-likeness (QED) is 0.436. The highest BCUT2D eigenvalue weighted by atomic mass is 32.3. The van der Waals surface area contributed by atoms with E-state index in [1.165, 1.54) is 0 Å². The van der Waals surface area contributed by atoms with Crippen LogP contribution in [-0.2, 0) is 24.5 Å². The summed E-state index contributed by atoms with van der Waals surface area (Å²) >= 11 is 0. The van der Waals surface area contributed by atoms with Gasteiger partial charge in [-0.1, -0.05) is 0 Å². The summed E-state index contributed by atoms with van der Waals surface area (Å²) in [5.74, 6) is -6.42. The monoisotopic (exact) mass is 326 g/mol. The van der Waals surface area contributed by atoms with E-state index < -0.39 is 42.9 Å². The van der Waals surface area contributed by atoms with Crippen LogP contribution < -0.4 is 0 Å². The van der Waals surface area contributed by atoms with Crippen molar-refractivity contribution in [3.8, 4) is 0 Å². The lowest BCUT2D eigenvalue weighted by Gasteiger charge is -2.43. The van der Waals surface area contributed by atoms with Crippen molar-refractivity contribution < 1.29 is 51.2 Å². The van der Waals surface area contributed by atoms with Gasteiger partial charge in [0.2, 0.25) is 0 Å². The number of rotatable bonds is 3. The summed E-state index contributed by atoms with van der Waals surface area (Å²) in [6, 6.07) is 0. The Labute approximate surface area is 94.9 Å². The van der Waals surface area contributed by atoms with Crippen LogP contribution in [0.5, 0.6) is 0 Å². The van der Waals surface area contributed by atoms with Crippen molar-refractivity contribution in [1.29, 1.82) is 0 Å². The second-order valence-corrected chi connectivity index (χ2v) is 6.07. The van der Waals surface area contributed by atoms with Gasteiger partial charge in [0.05, 0.1) is 0 Å². The van der Waals surface area contributed by atoms with Crippen molar-refractivity contribution in [2.45, 2.75) is 22.5 Å². The molecule has 0 aromatic rings. The van der Waals surface area contributed by atoms with Gasteiger partial charge in [0.25, 0.3) is 5.50 Å². The highest BCUT2D eigenvalue weighted by molar-refractivity contribution is 7.89. The van der Waals surface area contributed by atoms with Gasteiger partial charge in [-0.15, -0.1) is 3.89 Å². The number of halogens is 7. The van der Waals surface area contributed by atoms with Gasteiger partial charge in [-0.2, -0.15) is 38.6 Å². The SMILES string of the molecule is O=S(=O)(F)C(F)C(F)(F)C1(F)C(F)(F)OS1(=O)=O. The Morgan fingerprint density at radius 1 is 1.17 bits per heavy atom. The summed E-state index contributed by atoms with van der Waals surface area (Å²) in [6.07, 6.45) is -5.73. The Balaban J connectivity index is 3.45. The second-order valence-electron chi connectivity index (χ2n) is 3.06. The van der Waals surface area contributed by atoms with Crippen LogP contribution in [0.4, 0.5) is 30.2 Å². The molecule has 0 amide bonds. The molecule has 0 radical (unpaired) electrons. The van der Waals surface area contributed by atoms with Crippen LogP contribution in [0.3, 0.4) is 0 Å². The molecule has 1 fully saturated rings. The van der Waals surface area contributed by atoms with Crippen molar-refractivity contribution in [1.82, 2.24) is 0 Å². The largest absolute Gasteiger partial charge is 0.426 e. The van der Waals surface area contributed by atoms with Gasteiger partial charge >= 0.3 is 37.4 Å². The zero-order chi connectivity index (χ0) is 14.8. The summed E-state index contributed by atoms with van der Waals surface area (Å²) in [6.45, 7) is 0. The van der Waals surface area contributed by atoms with E-state index in [2.05, 4.69) is 4.18 Å². The third-order valence-electron chi connectivity index (χ3n) is 1.89. The van der Waals surface area contributed by atoms with Crippen LogP contribution in [0, 0.1) is 0 Å². The van der Waals surface area contributed by atoms with Crippen molar-refractivity contribution in [2.24, 2.45) is 0 Å². The number of hydrogen-bond donors (Lipinski definition) is 0. The van der Waals surface area contributed by atoms with Crippen molar-refractivity contribution in [2.75, 3.05) is 0 Å². The molecule has 1 aliphatic heterocycles. The fourth-order valence-electron chi connectivity index (χ4n) is 1.04. The maximum atomic E-state index is 13.1. The second kappa shape index (κ2) is 3.47. The van der Waals surface area contributed by atoms with Crippen molar-refractivity contribution in [3.63, 3.8) is 0 Å². The van der Waals surface area contributed by atoms with Crippen LogP contribution in [0.15, 0.2) is 0 Å². The molecule has 1 heterocycles. The predicted octanol–water partition coefficient (Wildman–Crippen LogP) is 0.835. The summed E-state index contributed by atoms with van der Waals surface area (Å²) < 4.78 is 131. The van der Waals surface area contributed by atoms with Gasteiger partial charge in [-0.25, -0.2) is 8.78 Å². The topological polar surface area (TPSA) is 77.5 Å². The molecule has 2 unspecified atom stereocenters. The standard InChI is InChI=1S/C4HF7O5S2/c5-1(17(11,12)13)2(6,7)3(8)4(9,10)16-18(3,14)15/h1H. The Hall–Kier alpha value is -0.630. The van der Waals surface area contributed by atoms with E-state index in [4.69, 9.17) is 0 Å². The van der Waals surface area contributed by atoms with Gasteiger partial charge in [0.1, 0.15) is 0 Å². The molecule has 1 aliphatic rings. The average Bonchev–Trinajstić information content (AvgIpc) is 2.11. The summed E-state index contributed by atoms with van der Waals surface area (Å²) in [7, 11) is -13.2. The molecule has 2 atom stereocenters. The Kier molecular flexibility index (Phi) is 2.98. The molecule has 0 aromatic heterocycles. The zero-order valence-electron chi connectivity index (χ0n) is 7.58. The fraction of sp³-hybridized carbons (Fsp3) is 1.00. The zero-order valence-corrected chi connectivity index (χ0v) is 9.21. The molecule has 108 valence electrons. The lowest BCUT2D eigenvalue weighted by Crippen LogP contribution is -2.75. The maximum absolute atomic E-state index is 13.1. The van der Waals surface area contributed by atoms with E-state index in [0.29, 0.717) is 0 Å². The Morgan fingerprint density at radius 2 is 1.56 bits per heavy atom. The molecule has 1 saturated heterocycles. The third kappa shape index (κ3) is 1.61. The molecule has 0 aromatic carbocycles. The molecule has 14 heteroatoms. The molecule has 0 bridgehead atoms.